The van der Waals surface area contributed by atoms with E-state index in [1.807, 2.05) is 58.0 Å². The van der Waals surface area contributed by atoms with Gasteiger partial charge >= 0.3 is 0 Å². The minimum absolute atomic E-state index is 0.0789. The highest BCUT2D eigenvalue weighted by Gasteiger charge is 2.28. The molecule has 2 N–H and O–H groups in total. The second-order valence-corrected chi connectivity index (χ2v) is 7.93. The third-order valence-electron chi connectivity index (χ3n) is 6.28. The molecule has 0 bridgehead atoms. The summed E-state index contributed by atoms with van der Waals surface area (Å²) in [6.07, 6.45) is 0. The topological polar surface area (TPSA) is 49.7 Å². The Balaban J connectivity index is 2.47. The number of aryl methyl sites for hydroxylation is 2. The largest absolute Gasteiger partial charge is 0.508 e. The van der Waals surface area contributed by atoms with E-state index in [0.717, 1.165) is 44.7 Å². The summed E-state index contributed by atoms with van der Waals surface area (Å²) in [4.78, 5) is 0. The molecule has 0 saturated carbocycles. The van der Waals surface area contributed by atoms with Crippen LogP contribution in [0.4, 0.5) is 0 Å². The quantitative estimate of drug-likeness (QED) is 0.526. The fourth-order valence-corrected chi connectivity index (χ4v) is 4.41. The van der Waals surface area contributed by atoms with E-state index >= 15 is 0 Å². The highest BCUT2D eigenvalue weighted by atomic mass is 16.5. The van der Waals surface area contributed by atoms with Crippen LogP contribution in [0.5, 0.6) is 17.2 Å². The Hall–Kier alpha value is -2.94. The molecule has 0 spiro atoms. The summed E-state index contributed by atoms with van der Waals surface area (Å²) in [5, 5.41) is 20.7. The van der Waals surface area contributed by atoms with Gasteiger partial charge in [-0.3, -0.25) is 0 Å². The van der Waals surface area contributed by atoms with Crippen molar-refractivity contribution < 1.29 is 14.9 Å². The van der Waals surface area contributed by atoms with E-state index in [0.29, 0.717) is 11.5 Å². The van der Waals surface area contributed by atoms with E-state index in [4.69, 9.17) is 4.74 Å². The number of ether oxygens (including phenoxy) is 1. The molecule has 3 aromatic rings. The Morgan fingerprint density at radius 2 is 1.14 bits per heavy atom. The van der Waals surface area contributed by atoms with Gasteiger partial charge in [-0.05, 0) is 104 Å². The van der Waals surface area contributed by atoms with Gasteiger partial charge in [-0.15, -0.1) is 0 Å². The first-order valence-electron chi connectivity index (χ1n) is 9.91. The molecule has 0 amide bonds. The summed E-state index contributed by atoms with van der Waals surface area (Å²) < 4.78 is 5.74. The predicted molar refractivity (Wildman–Crippen MR) is 119 cm³/mol. The van der Waals surface area contributed by atoms with Gasteiger partial charge in [0.2, 0.25) is 0 Å². The van der Waals surface area contributed by atoms with Crippen LogP contribution >= 0.6 is 0 Å². The van der Waals surface area contributed by atoms with E-state index in [-0.39, 0.29) is 5.92 Å². The molecule has 0 unspecified atom stereocenters. The fourth-order valence-electron chi connectivity index (χ4n) is 4.41. The molecule has 0 aliphatic heterocycles. The Morgan fingerprint density at radius 1 is 0.690 bits per heavy atom. The van der Waals surface area contributed by atoms with Gasteiger partial charge in [-0.25, -0.2) is 0 Å². The summed E-state index contributed by atoms with van der Waals surface area (Å²) in [7, 11) is 1.69. The van der Waals surface area contributed by atoms with Crippen molar-refractivity contribution in [3.05, 3.63) is 86.5 Å². The maximum Gasteiger partial charge on any atom is 0.123 e. The molecule has 3 nitrogen and oxygen atoms in total. The molecule has 0 aromatic heterocycles. The SMILES string of the molecule is COc1ccccc1C(c1c(C)cc(O)c(C)c1C)c1c(C)cc(O)c(C)c1C. The van der Waals surface area contributed by atoms with E-state index in [1.54, 1.807) is 7.11 Å². The average Bonchev–Trinajstić information content (AvgIpc) is 2.69. The molecule has 0 saturated heterocycles. The zero-order valence-corrected chi connectivity index (χ0v) is 18.3. The fraction of sp³-hybridized carbons (Fsp3) is 0.308. The monoisotopic (exact) mass is 390 g/mol. The standard InChI is InChI=1S/C26H30O3/c1-14-12-21(27)16(3)18(5)24(14)26(20-10-8-9-11-23(20)29-7)25-15(2)13-22(28)17(4)19(25)6/h8-13,26-28H,1-7H3. The second kappa shape index (κ2) is 7.82. The van der Waals surface area contributed by atoms with Crippen LogP contribution in [-0.2, 0) is 0 Å². The first kappa shape index (κ1) is 20.8. The lowest BCUT2D eigenvalue weighted by atomic mass is 9.75. The number of aromatic hydroxyl groups is 2. The molecule has 0 aliphatic carbocycles. The van der Waals surface area contributed by atoms with Crippen molar-refractivity contribution in [2.75, 3.05) is 7.11 Å². The lowest BCUT2D eigenvalue weighted by Gasteiger charge is -2.29. The van der Waals surface area contributed by atoms with Crippen LogP contribution in [0.3, 0.4) is 0 Å². The van der Waals surface area contributed by atoms with Crippen molar-refractivity contribution in [2.24, 2.45) is 0 Å². The lowest BCUT2D eigenvalue weighted by Crippen LogP contribution is -2.13. The third kappa shape index (κ3) is 3.46. The van der Waals surface area contributed by atoms with Crippen LogP contribution in [0.1, 0.15) is 56.0 Å². The molecular formula is C26H30O3. The zero-order chi connectivity index (χ0) is 21.5. The van der Waals surface area contributed by atoms with Crippen LogP contribution < -0.4 is 4.74 Å². The minimum Gasteiger partial charge on any atom is -0.508 e. The maximum atomic E-state index is 10.4. The van der Waals surface area contributed by atoms with Crippen molar-refractivity contribution in [1.29, 1.82) is 0 Å². The van der Waals surface area contributed by atoms with Gasteiger partial charge in [0.1, 0.15) is 17.2 Å². The van der Waals surface area contributed by atoms with E-state index in [2.05, 4.69) is 19.9 Å². The summed E-state index contributed by atoms with van der Waals surface area (Å²) in [5.74, 6) is 1.38. The van der Waals surface area contributed by atoms with Crippen LogP contribution in [0.15, 0.2) is 36.4 Å². The van der Waals surface area contributed by atoms with E-state index in [1.165, 1.54) is 11.1 Å². The molecule has 152 valence electrons. The van der Waals surface area contributed by atoms with Crippen molar-refractivity contribution in [2.45, 2.75) is 47.5 Å². The number of phenolic OH excluding ortho intramolecular Hbond substituents is 2. The molecule has 29 heavy (non-hydrogen) atoms. The lowest BCUT2D eigenvalue weighted by molar-refractivity contribution is 0.409. The summed E-state index contributed by atoms with van der Waals surface area (Å²) >= 11 is 0. The number of benzene rings is 3. The molecular weight excluding hydrogens is 360 g/mol. The number of hydrogen-bond acceptors (Lipinski definition) is 3. The van der Waals surface area contributed by atoms with Crippen molar-refractivity contribution in [3.8, 4) is 17.2 Å². The summed E-state index contributed by atoms with van der Waals surface area (Å²) in [6, 6.07) is 11.8. The average molecular weight is 391 g/mol. The number of para-hydroxylation sites is 1. The van der Waals surface area contributed by atoms with Gasteiger partial charge < -0.3 is 14.9 Å². The first-order valence-corrected chi connectivity index (χ1v) is 9.91. The van der Waals surface area contributed by atoms with E-state index < -0.39 is 0 Å². The maximum absolute atomic E-state index is 10.4. The Labute approximate surface area is 173 Å². The third-order valence-corrected chi connectivity index (χ3v) is 6.28. The molecule has 0 fully saturated rings. The van der Waals surface area contributed by atoms with Gasteiger partial charge in [0.05, 0.1) is 7.11 Å². The molecule has 0 radical (unpaired) electrons. The number of hydrogen-bond donors (Lipinski definition) is 2. The second-order valence-electron chi connectivity index (χ2n) is 7.93. The Morgan fingerprint density at radius 3 is 1.59 bits per heavy atom. The predicted octanol–water partition coefficient (Wildman–Crippen LogP) is 6.14. The minimum atomic E-state index is -0.0789. The molecule has 0 heterocycles. The molecule has 3 rings (SSSR count). The van der Waals surface area contributed by atoms with Crippen LogP contribution in [0, 0.1) is 41.5 Å². The summed E-state index contributed by atoms with van der Waals surface area (Å²) in [5.41, 5.74) is 9.39. The van der Waals surface area contributed by atoms with Crippen molar-refractivity contribution in [1.82, 2.24) is 0 Å². The summed E-state index contributed by atoms with van der Waals surface area (Å²) in [6.45, 7) is 12.1. The first-order chi connectivity index (χ1) is 13.7. The highest BCUT2D eigenvalue weighted by Crippen LogP contribution is 2.45. The van der Waals surface area contributed by atoms with Crippen molar-refractivity contribution in [3.63, 3.8) is 0 Å². The molecule has 3 heteroatoms. The van der Waals surface area contributed by atoms with Crippen LogP contribution in [0.25, 0.3) is 0 Å². The van der Waals surface area contributed by atoms with Gasteiger partial charge in [-0.2, -0.15) is 0 Å². The molecule has 0 atom stereocenters. The number of methoxy groups -OCH3 is 1. The normalized spacial score (nSPS) is 11.2. The molecule has 3 aromatic carbocycles. The van der Waals surface area contributed by atoms with Gasteiger partial charge in [0.15, 0.2) is 0 Å². The van der Waals surface area contributed by atoms with Gasteiger partial charge in [0.25, 0.3) is 0 Å². The Bertz CT molecular complexity index is 1020. The van der Waals surface area contributed by atoms with Crippen LogP contribution in [-0.4, -0.2) is 17.3 Å². The van der Waals surface area contributed by atoms with Crippen LogP contribution in [0.2, 0.25) is 0 Å². The highest BCUT2D eigenvalue weighted by molar-refractivity contribution is 5.61. The number of phenols is 2. The van der Waals surface area contributed by atoms with E-state index in [9.17, 15) is 10.2 Å². The van der Waals surface area contributed by atoms with Crippen molar-refractivity contribution >= 4 is 0 Å². The smallest absolute Gasteiger partial charge is 0.123 e. The Kier molecular flexibility index (Phi) is 5.61. The molecule has 0 aliphatic rings. The zero-order valence-electron chi connectivity index (χ0n) is 18.3. The van der Waals surface area contributed by atoms with Gasteiger partial charge in [-0.1, -0.05) is 18.2 Å². The number of rotatable bonds is 4. The van der Waals surface area contributed by atoms with Gasteiger partial charge in [0, 0.05) is 11.5 Å².